The molecule has 1 aliphatic heterocycles. The summed E-state index contributed by atoms with van der Waals surface area (Å²) in [6.45, 7) is 6.04. The standard InChI is InChI=1S/C18H16ClN3O4/c1-9-4-14-17(18(10(9)2)22(23)24)20-11(3)21(14)7-12-5-15-16(6-13(12)19)26-8-25-15/h4-6H,7-8H2,1-3H3. The Labute approximate surface area is 154 Å². The number of hydrogen-bond acceptors (Lipinski definition) is 5. The van der Waals surface area contributed by atoms with Gasteiger partial charge in [-0.2, -0.15) is 0 Å². The second kappa shape index (κ2) is 5.88. The molecule has 0 N–H and O–H groups in total. The normalized spacial score (nSPS) is 12.8. The third kappa shape index (κ3) is 2.47. The lowest BCUT2D eigenvalue weighted by Crippen LogP contribution is -2.03. The maximum Gasteiger partial charge on any atom is 0.300 e. The van der Waals surface area contributed by atoms with Crippen LogP contribution in [-0.4, -0.2) is 21.3 Å². The lowest BCUT2D eigenvalue weighted by molar-refractivity contribution is -0.383. The van der Waals surface area contributed by atoms with Crippen LogP contribution in [0.4, 0.5) is 5.69 Å². The highest BCUT2D eigenvalue weighted by atomic mass is 35.5. The van der Waals surface area contributed by atoms with Crippen molar-refractivity contribution < 1.29 is 14.4 Å². The molecule has 26 heavy (non-hydrogen) atoms. The van der Waals surface area contributed by atoms with Crippen LogP contribution in [0.2, 0.25) is 5.02 Å². The summed E-state index contributed by atoms with van der Waals surface area (Å²) in [5, 5.41) is 12.1. The zero-order chi connectivity index (χ0) is 18.6. The summed E-state index contributed by atoms with van der Waals surface area (Å²) in [7, 11) is 0. The Balaban J connectivity index is 1.88. The second-order valence-corrected chi connectivity index (χ2v) is 6.74. The van der Waals surface area contributed by atoms with E-state index < -0.39 is 0 Å². The minimum atomic E-state index is -0.366. The van der Waals surface area contributed by atoms with Crippen molar-refractivity contribution in [2.45, 2.75) is 27.3 Å². The smallest absolute Gasteiger partial charge is 0.300 e. The van der Waals surface area contributed by atoms with Crippen molar-refractivity contribution in [1.82, 2.24) is 9.55 Å². The molecule has 0 spiro atoms. The van der Waals surface area contributed by atoms with E-state index in [4.69, 9.17) is 21.1 Å². The van der Waals surface area contributed by atoms with Crippen LogP contribution in [0.3, 0.4) is 0 Å². The van der Waals surface area contributed by atoms with Gasteiger partial charge in [0.2, 0.25) is 6.79 Å². The fourth-order valence-corrected chi connectivity index (χ4v) is 3.47. The number of aryl methyl sites for hydroxylation is 2. The molecule has 4 rings (SSSR count). The van der Waals surface area contributed by atoms with Crippen LogP contribution >= 0.6 is 11.6 Å². The molecule has 0 radical (unpaired) electrons. The van der Waals surface area contributed by atoms with Crippen LogP contribution in [0.5, 0.6) is 11.5 Å². The van der Waals surface area contributed by atoms with E-state index in [1.807, 2.05) is 30.5 Å². The predicted octanol–water partition coefficient (Wildman–Crippen LogP) is 4.30. The molecule has 0 bridgehead atoms. The third-order valence-electron chi connectivity index (χ3n) is 4.77. The zero-order valence-electron chi connectivity index (χ0n) is 14.5. The molecule has 2 heterocycles. The zero-order valence-corrected chi connectivity index (χ0v) is 15.3. The average Bonchev–Trinajstić information content (AvgIpc) is 3.13. The number of ether oxygens (including phenoxy) is 2. The summed E-state index contributed by atoms with van der Waals surface area (Å²) in [6, 6.07) is 5.50. The molecule has 8 heteroatoms. The number of benzene rings is 2. The first-order valence-electron chi connectivity index (χ1n) is 8.06. The fourth-order valence-electron chi connectivity index (χ4n) is 3.25. The van der Waals surface area contributed by atoms with Gasteiger partial charge in [-0.05, 0) is 44.0 Å². The van der Waals surface area contributed by atoms with Crippen LogP contribution in [0.25, 0.3) is 11.0 Å². The number of rotatable bonds is 3. The van der Waals surface area contributed by atoms with Crippen molar-refractivity contribution >= 4 is 28.3 Å². The molecule has 3 aromatic rings. The molecule has 0 amide bonds. The van der Waals surface area contributed by atoms with E-state index in [1.165, 1.54) is 0 Å². The highest BCUT2D eigenvalue weighted by molar-refractivity contribution is 6.31. The van der Waals surface area contributed by atoms with E-state index >= 15 is 0 Å². The number of nitrogens with zero attached hydrogens (tertiary/aromatic N) is 3. The number of aromatic nitrogens is 2. The number of halogens is 1. The van der Waals surface area contributed by atoms with Crippen molar-refractivity contribution in [3.63, 3.8) is 0 Å². The van der Waals surface area contributed by atoms with Crippen molar-refractivity contribution in [3.05, 3.63) is 55.9 Å². The predicted molar refractivity (Wildman–Crippen MR) is 97.3 cm³/mol. The monoisotopic (exact) mass is 373 g/mol. The quantitative estimate of drug-likeness (QED) is 0.505. The molecular formula is C18H16ClN3O4. The Kier molecular flexibility index (Phi) is 3.77. The molecule has 1 aromatic heterocycles. The van der Waals surface area contributed by atoms with E-state index in [0.717, 1.165) is 11.1 Å². The van der Waals surface area contributed by atoms with Crippen LogP contribution in [0.1, 0.15) is 22.5 Å². The molecule has 0 atom stereocenters. The third-order valence-corrected chi connectivity index (χ3v) is 5.13. The van der Waals surface area contributed by atoms with Gasteiger partial charge in [-0.1, -0.05) is 11.6 Å². The van der Waals surface area contributed by atoms with Gasteiger partial charge >= 0.3 is 0 Å². The number of imidazole rings is 1. The largest absolute Gasteiger partial charge is 0.454 e. The first kappa shape index (κ1) is 16.7. The molecule has 0 unspecified atom stereocenters. The van der Waals surface area contributed by atoms with E-state index in [2.05, 4.69) is 4.98 Å². The molecule has 134 valence electrons. The van der Waals surface area contributed by atoms with Gasteiger partial charge in [0.1, 0.15) is 5.82 Å². The summed E-state index contributed by atoms with van der Waals surface area (Å²) in [5.74, 6) is 1.94. The maximum atomic E-state index is 11.6. The van der Waals surface area contributed by atoms with Crippen LogP contribution in [0, 0.1) is 30.9 Å². The van der Waals surface area contributed by atoms with E-state index in [-0.39, 0.29) is 17.4 Å². The van der Waals surface area contributed by atoms with Gasteiger partial charge in [0, 0.05) is 16.7 Å². The number of fused-ring (bicyclic) bond motifs is 2. The minimum absolute atomic E-state index is 0.0543. The Morgan fingerprint density at radius 1 is 1.23 bits per heavy atom. The maximum absolute atomic E-state index is 11.6. The SMILES string of the molecule is Cc1cc2c(nc(C)n2Cc2cc3c(cc2Cl)OCO3)c([N+](=O)[O-])c1C. The lowest BCUT2D eigenvalue weighted by Gasteiger charge is -2.11. The molecule has 0 saturated carbocycles. The summed E-state index contributed by atoms with van der Waals surface area (Å²) in [4.78, 5) is 15.6. The molecule has 0 aliphatic carbocycles. The molecule has 0 fully saturated rings. The molecule has 1 aliphatic rings. The van der Waals surface area contributed by atoms with E-state index in [1.54, 1.807) is 13.0 Å². The van der Waals surface area contributed by atoms with Gasteiger partial charge in [-0.3, -0.25) is 10.1 Å². The minimum Gasteiger partial charge on any atom is -0.454 e. The first-order chi connectivity index (χ1) is 12.4. The molecule has 7 nitrogen and oxygen atoms in total. The Bertz CT molecular complexity index is 1070. The van der Waals surface area contributed by atoms with Crippen LogP contribution in [0.15, 0.2) is 18.2 Å². The van der Waals surface area contributed by atoms with Crippen LogP contribution in [-0.2, 0) is 6.54 Å². The summed E-state index contributed by atoms with van der Waals surface area (Å²) < 4.78 is 12.7. The van der Waals surface area contributed by atoms with Crippen molar-refractivity contribution in [2.75, 3.05) is 6.79 Å². The van der Waals surface area contributed by atoms with Gasteiger partial charge < -0.3 is 14.0 Å². The Hall–Kier alpha value is -2.80. The summed E-state index contributed by atoms with van der Waals surface area (Å²) >= 11 is 6.39. The van der Waals surface area contributed by atoms with Crippen molar-refractivity contribution in [1.29, 1.82) is 0 Å². The van der Waals surface area contributed by atoms with E-state index in [9.17, 15) is 10.1 Å². The van der Waals surface area contributed by atoms with Gasteiger partial charge in [0.15, 0.2) is 17.0 Å². The topological polar surface area (TPSA) is 79.4 Å². The molecular weight excluding hydrogens is 358 g/mol. The number of nitro benzene ring substituents is 1. The van der Waals surface area contributed by atoms with Crippen molar-refractivity contribution in [2.24, 2.45) is 0 Å². The Morgan fingerprint density at radius 3 is 2.62 bits per heavy atom. The number of hydrogen-bond donors (Lipinski definition) is 0. The first-order valence-corrected chi connectivity index (χ1v) is 8.44. The lowest BCUT2D eigenvalue weighted by atomic mass is 10.1. The fraction of sp³-hybridized carbons (Fsp3) is 0.278. The highest BCUT2D eigenvalue weighted by Crippen LogP contribution is 2.38. The van der Waals surface area contributed by atoms with Gasteiger partial charge in [0.05, 0.1) is 17.0 Å². The van der Waals surface area contributed by atoms with Crippen molar-refractivity contribution in [3.8, 4) is 11.5 Å². The van der Waals surface area contributed by atoms with E-state index in [0.29, 0.717) is 45.5 Å². The van der Waals surface area contributed by atoms with Crippen LogP contribution < -0.4 is 9.47 Å². The average molecular weight is 374 g/mol. The van der Waals surface area contributed by atoms with Gasteiger partial charge in [-0.25, -0.2) is 4.98 Å². The second-order valence-electron chi connectivity index (χ2n) is 6.33. The Morgan fingerprint density at radius 2 is 1.92 bits per heavy atom. The molecule has 2 aromatic carbocycles. The van der Waals surface area contributed by atoms with Gasteiger partial charge in [0.25, 0.3) is 5.69 Å². The highest BCUT2D eigenvalue weighted by Gasteiger charge is 2.24. The summed E-state index contributed by atoms with van der Waals surface area (Å²) in [6.07, 6.45) is 0. The molecule has 0 saturated heterocycles. The summed E-state index contributed by atoms with van der Waals surface area (Å²) in [5.41, 5.74) is 3.48. The van der Waals surface area contributed by atoms with Gasteiger partial charge in [-0.15, -0.1) is 0 Å². The number of nitro groups is 1.